The zero-order valence-corrected chi connectivity index (χ0v) is 17.3. The molecule has 0 amide bonds. The van der Waals surface area contributed by atoms with Crippen LogP contribution in [0.1, 0.15) is 77.0 Å². The fourth-order valence-electron chi connectivity index (χ4n) is 3.11. The second kappa shape index (κ2) is 13.9. The van der Waals surface area contributed by atoms with Gasteiger partial charge >= 0.3 is 0 Å². The standard InChI is InChI=1S/C26H34O.CH4/c1-4-6-7-10-22(3)19-20-27-26-17-15-24(16-18-26)12-9-14-25-13-8-11-23(5-2)21-25;/h8,11,13,15-18,21-22H,4-7,10,14,19-20H2,1-3H3;1H4. The van der Waals surface area contributed by atoms with Crippen molar-refractivity contribution in [3.63, 3.8) is 0 Å². The SMILES string of the molecule is C.CCCCCC(C)CCOc1ccc(C#CCc2cccc(CC)c2)cc1. The Morgan fingerprint density at radius 2 is 1.68 bits per heavy atom. The lowest BCUT2D eigenvalue weighted by Crippen LogP contribution is -2.04. The predicted molar refractivity (Wildman–Crippen MR) is 123 cm³/mol. The fourth-order valence-corrected chi connectivity index (χ4v) is 3.11. The molecule has 0 aliphatic heterocycles. The molecular formula is C27H38O. The van der Waals surface area contributed by atoms with E-state index in [1.54, 1.807) is 0 Å². The van der Waals surface area contributed by atoms with Crippen LogP contribution in [-0.4, -0.2) is 6.61 Å². The summed E-state index contributed by atoms with van der Waals surface area (Å²) in [4.78, 5) is 0. The van der Waals surface area contributed by atoms with Gasteiger partial charge in [-0.15, -0.1) is 0 Å². The summed E-state index contributed by atoms with van der Waals surface area (Å²) >= 11 is 0. The molecule has 2 rings (SSSR count). The minimum atomic E-state index is 0. The molecule has 0 heterocycles. The van der Waals surface area contributed by atoms with Crippen LogP contribution >= 0.6 is 0 Å². The van der Waals surface area contributed by atoms with Crippen LogP contribution < -0.4 is 4.74 Å². The normalized spacial score (nSPS) is 11.1. The van der Waals surface area contributed by atoms with Gasteiger partial charge in [0, 0.05) is 12.0 Å². The Bertz CT molecular complexity index is 718. The van der Waals surface area contributed by atoms with E-state index in [4.69, 9.17) is 4.74 Å². The third-order valence-electron chi connectivity index (χ3n) is 4.96. The van der Waals surface area contributed by atoms with E-state index in [1.807, 2.05) is 12.1 Å². The average Bonchev–Trinajstić information content (AvgIpc) is 2.69. The highest BCUT2D eigenvalue weighted by molar-refractivity contribution is 5.39. The first-order valence-corrected chi connectivity index (χ1v) is 10.5. The summed E-state index contributed by atoms with van der Waals surface area (Å²) in [6.07, 6.45) is 8.28. The number of hydrogen-bond donors (Lipinski definition) is 0. The van der Waals surface area contributed by atoms with Crippen molar-refractivity contribution in [1.29, 1.82) is 0 Å². The quantitative estimate of drug-likeness (QED) is 0.308. The lowest BCUT2D eigenvalue weighted by atomic mass is 10.0. The topological polar surface area (TPSA) is 9.23 Å². The van der Waals surface area contributed by atoms with Gasteiger partial charge in [0.2, 0.25) is 0 Å². The molecule has 0 N–H and O–H groups in total. The van der Waals surface area contributed by atoms with Gasteiger partial charge in [0.05, 0.1) is 6.61 Å². The van der Waals surface area contributed by atoms with E-state index in [9.17, 15) is 0 Å². The third-order valence-corrected chi connectivity index (χ3v) is 4.96. The zero-order valence-electron chi connectivity index (χ0n) is 17.3. The summed E-state index contributed by atoms with van der Waals surface area (Å²) in [5, 5.41) is 0. The van der Waals surface area contributed by atoms with Gasteiger partial charge in [-0.25, -0.2) is 0 Å². The maximum Gasteiger partial charge on any atom is 0.119 e. The first-order chi connectivity index (χ1) is 13.2. The van der Waals surface area contributed by atoms with Crippen LogP contribution in [0.2, 0.25) is 0 Å². The maximum absolute atomic E-state index is 5.89. The second-order valence-corrected chi connectivity index (χ2v) is 7.41. The van der Waals surface area contributed by atoms with E-state index in [1.165, 1.54) is 36.8 Å². The van der Waals surface area contributed by atoms with E-state index in [-0.39, 0.29) is 7.43 Å². The molecule has 0 fully saturated rings. The maximum atomic E-state index is 5.89. The first kappa shape index (κ1) is 23.8. The highest BCUT2D eigenvalue weighted by atomic mass is 16.5. The van der Waals surface area contributed by atoms with E-state index in [2.05, 4.69) is 69.0 Å². The van der Waals surface area contributed by atoms with Crippen LogP contribution in [0.15, 0.2) is 48.5 Å². The molecule has 2 aromatic rings. The van der Waals surface area contributed by atoms with Crippen LogP contribution in [0.3, 0.4) is 0 Å². The molecule has 152 valence electrons. The van der Waals surface area contributed by atoms with Crippen LogP contribution in [0, 0.1) is 17.8 Å². The summed E-state index contributed by atoms with van der Waals surface area (Å²) in [5.74, 6) is 8.22. The van der Waals surface area contributed by atoms with Gasteiger partial charge in [-0.2, -0.15) is 0 Å². The smallest absolute Gasteiger partial charge is 0.119 e. The lowest BCUT2D eigenvalue weighted by Gasteiger charge is -2.12. The Labute approximate surface area is 173 Å². The summed E-state index contributed by atoms with van der Waals surface area (Å²) in [6.45, 7) is 7.56. The van der Waals surface area contributed by atoms with Crippen molar-refractivity contribution in [3.05, 3.63) is 65.2 Å². The van der Waals surface area contributed by atoms with Crippen molar-refractivity contribution in [2.75, 3.05) is 6.61 Å². The summed E-state index contributed by atoms with van der Waals surface area (Å²) < 4.78 is 5.89. The molecule has 0 saturated heterocycles. The van der Waals surface area contributed by atoms with Gasteiger partial charge in [0.15, 0.2) is 0 Å². The van der Waals surface area contributed by atoms with Crippen molar-refractivity contribution in [3.8, 4) is 17.6 Å². The minimum absolute atomic E-state index is 0. The van der Waals surface area contributed by atoms with E-state index in [0.717, 1.165) is 43.1 Å². The number of unbranched alkanes of at least 4 members (excludes halogenated alkanes) is 2. The molecule has 0 radical (unpaired) electrons. The largest absolute Gasteiger partial charge is 0.494 e. The van der Waals surface area contributed by atoms with Crippen molar-refractivity contribution >= 4 is 0 Å². The highest BCUT2D eigenvalue weighted by Crippen LogP contribution is 2.16. The van der Waals surface area contributed by atoms with Gasteiger partial charge < -0.3 is 4.74 Å². The first-order valence-electron chi connectivity index (χ1n) is 10.5. The van der Waals surface area contributed by atoms with Crippen LogP contribution in [0.5, 0.6) is 5.75 Å². The van der Waals surface area contributed by atoms with Gasteiger partial charge in [0.1, 0.15) is 5.75 Å². The molecular weight excluding hydrogens is 340 g/mol. The van der Waals surface area contributed by atoms with E-state index < -0.39 is 0 Å². The Morgan fingerprint density at radius 3 is 2.39 bits per heavy atom. The van der Waals surface area contributed by atoms with Crippen molar-refractivity contribution in [2.45, 2.75) is 73.1 Å². The molecule has 28 heavy (non-hydrogen) atoms. The fraction of sp³-hybridized carbons (Fsp3) is 0.481. The number of aryl methyl sites for hydroxylation is 1. The average molecular weight is 379 g/mol. The van der Waals surface area contributed by atoms with Gasteiger partial charge in [-0.3, -0.25) is 0 Å². The minimum Gasteiger partial charge on any atom is -0.494 e. The summed E-state index contributed by atoms with van der Waals surface area (Å²) in [6, 6.07) is 16.8. The highest BCUT2D eigenvalue weighted by Gasteiger charge is 2.02. The van der Waals surface area contributed by atoms with E-state index in [0.29, 0.717) is 0 Å². The van der Waals surface area contributed by atoms with Gasteiger partial charge in [-0.1, -0.05) is 90.0 Å². The molecule has 1 nitrogen and oxygen atoms in total. The van der Waals surface area contributed by atoms with Crippen LogP contribution in [0.4, 0.5) is 0 Å². The van der Waals surface area contributed by atoms with E-state index >= 15 is 0 Å². The summed E-state index contributed by atoms with van der Waals surface area (Å²) in [5.41, 5.74) is 3.70. The predicted octanol–water partition coefficient (Wildman–Crippen LogP) is 7.46. The lowest BCUT2D eigenvalue weighted by molar-refractivity contribution is 0.277. The molecule has 0 aliphatic rings. The molecule has 2 aromatic carbocycles. The van der Waals surface area contributed by atoms with Crippen LogP contribution in [-0.2, 0) is 12.8 Å². The zero-order chi connectivity index (χ0) is 19.3. The number of benzene rings is 2. The Balaban J connectivity index is 0.00000392. The Hall–Kier alpha value is -2.20. The summed E-state index contributed by atoms with van der Waals surface area (Å²) in [7, 11) is 0. The molecule has 1 atom stereocenters. The molecule has 0 saturated carbocycles. The number of ether oxygens (including phenoxy) is 1. The molecule has 0 spiro atoms. The molecule has 1 unspecified atom stereocenters. The number of rotatable bonds is 10. The van der Waals surface area contributed by atoms with Crippen molar-refractivity contribution < 1.29 is 4.74 Å². The third kappa shape index (κ3) is 9.14. The second-order valence-electron chi connectivity index (χ2n) is 7.41. The van der Waals surface area contributed by atoms with Gasteiger partial charge in [-0.05, 0) is 54.2 Å². The van der Waals surface area contributed by atoms with Crippen molar-refractivity contribution in [1.82, 2.24) is 0 Å². The Morgan fingerprint density at radius 1 is 0.929 bits per heavy atom. The molecule has 0 bridgehead atoms. The van der Waals surface area contributed by atoms with Crippen LogP contribution in [0.25, 0.3) is 0 Å². The Kier molecular flexibility index (Phi) is 11.8. The van der Waals surface area contributed by atoms with Crippen molar-refractivity contribution in [2.24, 2.45) is 5.92 Å². The molecule has 0 aromatic heterocycles. The number of hydrogen-bond acceptors (Lipinski definition) is 1. The molecule has 0 aliphatic carbocycles. The monoisotopic (exact) mass is 378 g/mol. The van der Waals surface area contributed by atoms with Gasteiger partial charge in [0.25, 0.3) is 0 Å². The molecule has 1 heteroatoms.